The number of hydrogen-bond donors (Lipinski definition) is 1. The third-order valence-corrected chi connectivity index (χ3v) is 5.16. The molecule has 1 amide bonds. The van der Waals surface area contributed by atoms with E-state index in [1.807, 2.05) is 12.1 Å². The minimum absolute atomic E-state index is 0.202. The number of aromatic nitrogens is 3. The zero-order chi connectivity index (χ0) is 19.6. The zero-order valence-corrected chi connectivity index (χ0v) is 16.0. The minimum atomic E-state index is -0.703. The number of rotatable bonds is 5. The van der Waals surface area contributed by atoms with Crippen molar-refractivity contribution in [2.75, 3.05) is 5.32 Å². The highest BCUT2D eigenvalue weighted by Gasteiger charge is 2.20. The summed E-state index contributed by atoms with van der Waals surface area (Å²) in [6, 6.07) is 10.0. The van der Waals surface area contributed by atoms with Crippen LogP contribution in [-0.4, -0.2) is 25.9 Å². The van der Waals surface area contributed by atoms with Crippen LogP contribution in [0.3, 0.4) is 0 Å². The van der Waals surface area contributed by atoms with Crippen LogP contribution in [0.1, 0.15) is 6.92 Å². The summed E-state index contributed by atoms with van der Waals surface area (Å²) in [6.45, 7) is 1.65. The molecule has 0 saturated carbocycles. The monoisotopic (exact) mass is 408 g/mol. The Labute approximate surface area is 163 Å². The number of carbonyl (C=O) groups is 1. The number of thioether (sulfide) groups is 1. The summed E-state index contributed by atoms with van der Waals surface area (Å²) in [6.07, 6.45) is 0. The summed E-state index contributed by atoms with van der Waals surface area (Å²) in [5, 5.41) is 11.2. The molecule has 2 aromatic carbocycles. The molecular weight excluding hydrogens is 394 g/mol. The number of carbonyl (C=O) groups excluding carboxylic acids is 1. The molecule has 140 valence electrons. The Morgan fingerprint density at radius 1 is 1.19 bits per heavy atom. The molecule has 3 aromatic rings. The maximum atomic E-state index is 13.7. The Hall–Kier alpha value is -2.45. The summed E-state index contributed by atoms with van der Waals surface area (Å²) in [5.74, 6) is -1.18. The molecular formula is C18H15ClF2N4OS. The van der Waals surface area contributed by atoms with E-state index in [1.54, 1.807) is 30.7 Å². The maximum absolute atomic E-state index is 13.7. The first-order chi connectivity index (χ1) is 12.8. The predicted octanol–water partition coefficient (Wildman–Crippen LogP) is 4.53. The van der Waals surface area contributed by atoms with Crippen LogP contribution in [0.4, 0.5) is 14.5 Å². The van der Waals surface area contributed by atoms with E-state index in [1.165, 1.54) is 0 Å². The molecule has 0 saturated heterocycles. The van der Waals surface area contributed by atoms with Crippen molar-refractivity contribution in [3.05, 3.63) is 59.1 Å². The SMILES string of the molecule is C[C@@H](Sc1nnc(-c2ccc(Cl)cc2)n1C)C(=O)Nc1cc(F)ccc1F. The number of hydrogen-bond acceptors (Lipinski definition) is 4. The number of halogens is 3. The van der Waals surface area contributed by atoms with Crippen LogP contribution < -0.4 is 5.32 Å². The molecule has 0 spiro atoms. The van der Waals surface area contributed by atoms with Crippen LogP contribution in [0, 0.1) is 11.6 Å². The average Bonchev–Trinajstić information content (AvgIpc) is 2.99. The summed E-state index contributed by atoms with van der Waals surface area (Å²) in [5.41, 5.74) is 0.632. The second kappa shape index (κ2) is 8.06. The molecule has 0 radical (unpaired) electrons. The summed E-state index contributed by atoms with van der Waals surface area (Å²) in [7, 11) is 1.78. The largest absolute Gasteiger partial charge is 0.323 e. The minimum Gasteiger partial charge on any atom is -0.323 e. The molecule has 0 bridgehead atoms. The lowest BCUT2D eigenvalue weighted by Gasteiger charge is -2.12. The molecule has 3 rings (SSSR count). The fraction of sp³-hybridized carbons (Fsp3) is 0.167. The van der Waals surface area contributed by atoms with E-state index in [4.69, 9.17) is 11.6 Å². The van der Waals surface area contributed by atoms with Gasteiger partial charge in [-0.25, -0.2) is 8.78 Å². The van der Waals surface area contributed by atoms with Gasteiger partial charge in [0, 0.05) is 23.7 Å². The molecule has 1 aromatic heterocycles. The lowest BCUT2D eigenvalue weighted by atomic mass is 10.2. The fourth-order valence-corrected chi connectivity index (χ4v) is 3.25. The van der Waals surface area contributed by atoms with E-state index in [9.17, 15) is 13.6 Å². The molecule has 1 N–H and O–H groups in total. The number of anilines is 1. The van der Waals surface area contributed by atoms with Crippen molar-refractivity contribution in [2.45, 2.75) is 17.3 Å². The van der Waals surface area contributed by atoms with Gasteiger partial charge in [0.25, 0.3) is 0 Å². The molecule has 1 heterocycles. The van der Waals surface area contributed by atoms with Gasteiger partial charge >= 0.3 is 0 Å². The number of amides is 1. The first-order valence-electron chi connectivity index (χ1n) is 7.93. The van der Waals surface area contributed by atoms with Gasteiger partial charge in [-0.05, 0) is 43.3 Å². The molecule has 9 heteroatoms. The third kappa shape index (κ3) is 4.45. The van der Waals surface area contributed by atoms with Crippen LogP contribution in [0.2, 0.25) is 5.02 Å². The third-order valence-electron chi connectivity index (χ3n) is 3.78. The van der Waals surface area contributed by atoms with Gasteiger partial charge in [-0.15, -0.1) is 10.2 Å². The van der Waals surface area contributed by atoms with Gasteiger partial charge in [0.1, 0.15) is 11.6 Å². The molecule has 0 aliphatic carbocycles. The van der Waals surface area contributed by atoms with E-state index in [2.05, 4.69) is 15.5 Å². The van der Waals surface area contributed by atoms with Crippen molar-refractivity contribution in [1.29, 1.82) is 0 Å². The Balaban J connectivity index is 1.72. The Morgan fingerprint density at radius 3 is 2.59 bits per heavy atom. The summed E-state index contributed by atoms with van der Waals surface area (Å²) >= 11 is 7.05. The summed E-state index contributed by atoms with van der Waals surface area (Å²) in [4.78, 5) is 12.3. The highest BCUT2D eigenvalue weighted by Crippen LogP contribution is 2.27. The molecule has 0 aliphatic heterocycles. The zero-order valence-electron chi connectivity index (χ0n) is 14.4. The van der Waals surface area contributed by atoms with E-state index in [-0.39, 0.29) is 5.69 Å². The number of nitrogens with zero attached hydrogens (tertiary/aromatic N) is 3. The second-order valence-corrected chi connectivity index (χ2v) is 7.49. The van der Waals surface area contributed by atoms with E-state index < -0.39 is 22.8 Å². The van der Waals surface area contributed by atoms with Gasteiger partial charge in [-0.1, -0.05) is 23.4 Å². The maximum Gasteiger partial charge on any atom is 0.237 e. The van der Waals surface area contributed by atoms with E-state index in [0.717, 1.165) is 35.5 Å². The van der Waals surface area contributed by atoms with Crippen molar-refractivity contribution in [3.8, 4) is 11.4 Å². The second-order valence-electron chi connectivity index (χ2n) is 5.75. The lowest BCUT2D eigenvalue weighted by Crippen LogP contribution is -2.23. The highest BCUT2D eigenvalue weighted by molar-refractivity contribution is 8.00. The molecule has 5 nitrogen and oxygen atoms in total. The first-order valence-corrected chi connectivity index (χ1v) is 9.19. The van der Waals surface area contributed by atoms with Crippen molar-refractivity contribution in [3.63, 3.8) is 0 Å². The average molecular weight is 409 g/mol. The first kappa shape index (κ1) is 19.3. The van der Waals surface area contributed by atoms with Gasteiger partial charge in [-0.3, -0.25) is 4.79 Å². The van der Waals surface area contributed by atoms with Crippen LogP contribution in [0.15, 0.2) is 47.6 Å². The van der Waals surface area contributed by atoms with Crippen molar-refractivity contribution in [1.82, 2.24) is 14.8 Å². The van der Waals surface area contributed by atoms with Crippen molar-refractivity contribution < 1.29 is 13.6 Å². The topological polar surface area (TPSA) is 59.8 Å². The normalized spacial score (nSPS) is 12.0. The fourth-order valence-electron chi connectivity index (χ4n) is 2.31. The van der Waals surface area contributed by atoms with Gasteiger partial charge in [0.05, 0.1) is 10.9 Å². The lowest BCUT2D eigenvalue weighted by molar-refractivity contribution is -0.115. The molecule has 0 aliphatic rings. The van der Waals surface area contributed by atoms with E-state index >= 15 is 0 Å². The Kier molecular flexibility index (Phi) is 5.76. The molecule has 0 fully saturated rings. The van der Waals surface area contributed by atoms with Crippen LogP contribution >= 0.6 is 23.4 Å². The number of benzene rings is 2. The van der Waals surface area contributed by atoms with Gasteiger partial charge in [0.2, 0.25) is 5.91 Å². The molecule has 1 atom stereocenters. The quantitative estimate of drug-likeness (QED) is 0.630. The van der Waals surface area contributed by atoms with Crippen LogP contribution in [-0.2, 0) is 11.8 Å². The Bertz CT molecular complexity index is 978. The number of nitrogens with one attached hydrogen (secondary N) is 1. The standard InChI is InChI=1S/C18H15ClF2N4OS/c1-10(17(26)22-15-9-13(20)7-8-14(15)21)27-18-24-23-16(25(18)2)11-3-5-12(19)6-4-11/h3-10H,1-2H3,(H,22,26)/t10-/m1/s1. The van der Waals surface area contributed by atoms with Crippen molar-refractivity contribution in [2.24, 2.45) is 7.05 Å². The predicted molar refractivity (Wildman–Crippen MR) is 102 cm³/mol. The van der Waals surface area contributed by atoms with Crippen LogP contribution in [0.5, 0.6) is 0 Å². The summed E-state index contributed by atoms with van der Waals surface area (Å²) < 4.78 is 28.7. The molecule has 27 heavy (non-hydrogen) atoms. The van der Waals surface area contributed by atoms with Gasteiger partial charge in [-0.2, -0.15) is 0 Å². The molecule has 0 unspecified atom stereocenters. The van der Waals surface area contributed by atoms with Gasteiger partial charge < -0.3 is 9.88 Å². The smallest absolute Gasteiger partial charge is 0.237 e. The van der Waals surface area contributed by atoms with Gasteiger partial charge in [0.15, 0.2) is 11.0 Å². The highest BCUT2D eigenvalue weighted by atomic mass is 35.5. The Morgan fingerprint density at radius 2 is 1.89 bits per heavy atom. The van der Waals surface area contributed by atoms with Crippen LogP contribution in [0.25, 0.3) is 11.4 Å². The van der Waals surface area contributed by atoms with Crippen molar-refractivity contribution >= 4 is 35.0 Å². The van der Waals surface area contributed by atoms with E-state index in [0.29, 0.717) is 16.0 Å².